The lowest BCUT2D eigenvalue weighted by molar-refractivity contribution is 0.251. The molecule has 1 nitrogen and oxygen atoms in total. The van der Waals surface area contributed by atoms with Gasteiger partial charge in [-0.1, -0.05) is 19.3 Å². The molecule has 0 spiro atoms. The van der Waals surface area contributed by atoms with Gasteiger partial charge in [0.25, 0.3) is 0 Å². The fraction of sp³-hybridized carbons (Fsp3) is 0.857. The minimum absolute atomic E-state index is 0.464. The van der Waals surface area contributed by atoms with Crippen LogP contribution in [0.4, 0.5) is 4.39 Å². The lowest BCUT2D eigenvalue weighted by Crippen LogP contribution is -2.04. The topological polar surface area (TPSA) is 23.9 Å². The summed E-state index contributed by atoms with van der Waals surface area (Å²) in [5.74, 6) is 0. The van der Waals surface area contributed by atoms with Crippen molar-refractivity contribution in [3.05, 3.63) is 0 Å². The van der Waals surface area contributed by atoms with Crippen LogP contribution in [0.15, 0.2) is 0 Å². The van der Waals surface area contributed by atoms with E-state index in [4.69, 9.17) is 5.41 Å². The molecule has 2 heteroatoms. The van der Waals surface area contributed by atoms with E-state index in [0.717, 1.165) is 25.7 Å². The Morgan fingerprint density at radius 1 is 1.11 bits per heavy atom. The van der Waals surface area contributed by atoms with Crippen molar-refractivity contribution in [3.8, 4) is 0 Å². The van der Waals surface area contributed by atoms with E-state index in [1.165, 1.54) is 6.42 Å². The van der Waals surface area contributed by atoms with Gasteiger partial charge in [0.15, 0.2) is 0 Å². The lowest BCUT2D eigenvalue weighted by Gasteiger charge is -2.12. The molecule has 0 saturated heterocycles. The Morgan fingerprint density at radius 2 is 1.56 bits per heavy atom. The van der Waals surface area contributed by atoms with Crippen molar-refractivity contribution >= 4 is 6.72 Å². The Bertz CT molecular complexity index is 59.9. The number of hydrogen-bond donors (Lipinski definition) is 1. The fourth-order valence-corrected chi connectivity index (χ4v) is 1.05. The highest BCUT2D eigenvalue weighted by molar-refractivity contribution is 5.15. The quantitative estimate of drug-likeness (QED) is 0.488. The van der Waals surface area contributed by atoms with E-state index in [0.29, 0.717) is 0 Å². The number of halogens is 1. The van der Waals surface area contributed by atoms with Crippen LogP contribution >= 0.6 is 0 Å². The lowest BCUT2D eigenvalue weighted by atomic mass is 9.99. The average Bonchev–Trinajstić information content (AvgIpc) is 1.94. The molecule has 1 aliphatic rings. The number of rotatable bonds is 0. The smallest absolute Gasteiger partial charge is 0.100 e. The largest absolute Gasteiger partial charge is 0.317 e. The summed E-state index contributed by atoms with van der Waals surface area (Å²) >= 11 is 0. The SMILES string of the molecule is C=N.FC1CCCCC1. The molecule has 0 amide bonds. The van der Waals surface area contributed by atoms with Gasteiger partial charge in [-0.3, -0.25) is 0 Å². The van der Waals surface area contributed by atoms with Crippen LogP contribution in [0.25, 0.3) is 0 Å². The Kier molecular flexibility index (Phi) is 5.48. The van der Waals surface area contributed by atoms with Gasteiger partial charge in [0.2, 0.25) is 0 Å². The van der Waals surface area contributed by atoms with Crippen LogP contribution in [0.1, 0.15) is 32.1 Å². The summed E-state index contributed by atoms with van der Waals surface area (Å²) in [5.41, 5.74) is 0. The number of hydrogen-bond acceptors (Lipinski definition) is 1. The maximum Gasteiger partial charge on any atom is 0.100 e. The fourth-order valence-electron chi connectivity index (χ4n) is 1.05. The van der Waals surface area contributed by atoms with Gasteiger partial charge in [0.1, 0.15) is 6.17 Å². The summed E-state index contributed by atoms with van der Waals surface area (Å²) in [6, 6.07) is 0. The predicted octanol–water partition coefficient (Wildman–Crippen LogP) is 2.55. The van der Waals surface area contributed by atoms with E-state index >= 15 is 0 Å². The minimum Gasteiger partial charge on any atom is -0.317 e. The second-order valence-corrected chi connectivity index (χ2v) is 2.24. The van der Waals surface area contributed by atoms with Crippen LogP contribution in [0.2, 0.25) is 0 Å². The summed E-state index contributed by atoms with van der Waals surface area (Å²) < 4.78 is 12.2. The number of alkyl halides is 1. The zero-order valence-corrected chi connectivity index (χ0v) is 5.70. The Balaban J connectivity index is 0.000000291. The molecule has 9 heavy (non-hydrogen) atoms. The van der Waals surface area contributed by atoms with Gasteiger partial charge < -0.3 is 5.41 Å². The van der Waals surface area contributed by atoms with Crippen molar-refractivity contribution in [2.24, 2.45) is 0 Å². The van der Waals surface area contributed by atoms with E-state index in [-0.39, 0.29) is 0 Å². The van der Waals surface area contributed by atoms with E-state index in [2.05, 4.69) is 6.72 Å². The highest BCUT2D eigenvalue weighted by Crippen LogP contribution is 2.19. The Labute approximate surface area is 55.8 Å². The van der Waals surface area contributed by atoms with Gasteiger partial charge in [-0.05, 0) is 19.6 Å². The van der Waals surface area contributed by atoms with Gasteiger partial charge in [0.05, 0.1) is 0 Å². The van der Waals surface area contributed by atoms with Crippen LogP contribution in [0.3, 0.4) is 0 Å². The molecule has 0 aromatic heterocycles. The van der Waals surface area contributed by atoms with E-state index < -0.39 is 6.17 Å². The van der Waals surface area contributed by atoms with Crippen molar-refractivity contribution < 1.29 is 4.39 Å². The maximum atomic E-state index is 12.2. The minimum atomic E-state index is -0.464. The molecule has 1 fully saturated rings. The van der Waals surface area contributed by atoms with E-state index in [1.807, 2.05) is 0 Å². The molecule has 0 aromatic carbocycles. The van der Waals surface area contributed by atoms with Crippen LogP contribution in [-0.4, -0.2) is 12.9 Å². The van der Waals surface area contributed by atoms with Gasteiger partial charge >= 0.3 is 0 Å². The summed E-state index contributed by atoms with van der Waals surface area (Å²) in [6.07, 6.45) is 4.65. The standard InChI is InChI=1S/C6H11F.CH3N/c7-6-4-2-1-3-5-6;1-2/h6H,1-5H2;2H,1H2. The molecular formula is C7H14FN. The monoisotopic (exact) mass is 131 g/mol. The van der Waals surface area contributed by atoms with Gasteiger partial charge in [0, 0.05) is 0 Å². The summed E-state index contributed by atoms with van der Waals surface area (Å²) in [5, 5.41) is 5.50. The summed E-state index contributed by atoms with van der Waals surface area (Å²) in [6.45, 7) is 2.50. The second-order valence-electron chi connectivity index (χ2n) is 2.24. The van der Waals surface area contributed by atoms with Gasteiger partial charge in [-0.25, -0.2) is 4.39 Å². The molecule has 0 bridgehead atoms. The molecule has 0 aromatic rings. The van der Waals surface area contributed by atoms with E-state index in [9.17, 15) is 4.39 Å². The molecule has 54 valence electrons. The molecule has 1 rings (SSSR count). The zero-order chi connectivity index (χ0) is 7.11. The third-order valence-electron chi connectivity index (χ3n) is 1.53. The van der Waals surface area contributed by atoms with E-state index in [1.54, 1.807) is 0 Å². The third kappa shape index (κ3) is 4.13. The summed E-state index contributed by atoms with van der Waals surface area (Å²) in [4.78, 5) is 0. The zero-order valence-electron chi connectivity index (χ0n) is 5.70. The summed E-state index contributed by atoms with van der Waals surface area (Å²) in [7, 11) is 0. The molecule has 0 radical (unpaired) electrons. The molecule has 0 aliphatic heterocycles. The van der Waals surface area contributed by atoms with Gasteiger partial charge in [-0.2, -0.15) is 0 Å². The molecule has 1 saturated carbocycles. The molecule has 1 aliphatic carbocycles. The Morgan fingerprint density at radius 3 is 1.78 bits per heavy atom. The molecule has 0 unspecified atom stereocenters. The second kappa shape index (κ2) is 5.73. The average molecular weight is 131 g/mol. The van der Waals surface area contributed by atoms with Crippen LogP contribution in [0.5, 0.6) is 0 Å². The first-order chi connectivity index (χ1) is 4.39. The Hall–Kier alpha value is -0.400. The third-order valence-corrected chi connectivity index (χ3v) is 1.53. The van der Waals surface area contributed by atoms with Crippen LogP contribution < -0.4 is 0 Å². The van der Waals surface area contributed by atoms with Crippen LogP contribution in [0, 0.1) is 5.41 Å². The van der Waals surface area contributed by atoms with Crippen molar-refractivity contribution in [1.29, 1.82) is 5.41 Å². The first-order valence-corrected chi connectivity index (χ1v) is 3.39. The van der Waals surface area contributed by atoms with Crippen LogP contribution in [-0.2, 0) is 0 Å². The number of nitrogens with one attached hydrogen (secondary N) is 1. The highest BCUT2D eigenvalue weighted by Gasteiger charge is 2.09. The van der Waals surface area contributed by atoms with Crippen molar-refractivity contribution in [2.75, 3.05) is 0 Å². The maximum absolute atomic E-state index is 12.2. The first-order valence-electron chi connectivity index (χ1n) is 3.39. The highest BCUT2D eigenvalue weighted by atomic mass is 19.1. The van der Waals surface area contributed by atoms with Crippen molar-refractivity contribution in [2.45, 2.75) is 38.3 Å². The molecular weight excluding hydrogens is 117 g/mol. The first kappa shape index (κ1) is 8.60. The normalized spacial score (nSPS) is 20.1. The molecule has 0 heterocycles. The molecule has 1 N–H and O–H groups in total. The van der Waals surface area contributed by atoms with Crippen molar-refractivity contribution in [3.63, 3.8) is 0 Å². The van der Waals surface area contributed by atoms with Crippen molar-refractivity contribution in [1.82, 2.24) is 0 Å². The molecule has 0 atom stereocenters. The predicted molar refractivity (Wildman–Crippen MR) is 37.8 cm³/mol. The van der Waals surface area contributed by atoms with Gasteiger partial charge in [-0.15, -0.1) is 0 Å².